The van der Waals surface area contributed by atoms with Gasteiger partial charge in [-0.25, -0.2) is 5.10 Å². The first-order valence-corrected chi connectivity index (χ1v) is 5.72. The Labute approximate surface area is 103 Å². The number of aliphatic carboxylic acids is 1. The first-order chi connectivity index (χ1) is 8.68. The summed E-state index contributed by atoms with van der Waals surface area (Å²) in [6.45, 7) is 0. The van der Waals surface area contributed by atoms with Crippen molar-refractivity contribution in [2.75, 3.05) is 0 Å². The van der Waals surface area contributed by atoms with Crippen LogP contribution in [0.2, 0.25) is 0 Å². The van der Waals surface area contributed by atoms with E-state index in [4.69, 9.17) is 5.11 Å². The van der Waals surface area contributed by atoms with Crippen LogP contribution in [-0.4, -0.2) is 26.3 Å². The van der Waals surface area contributed by atoms with Gasteiger partial charge in [-0.3, -0.25) is 14.6 Å². The summed E-state index contributed by atoms with van der Waals surface area (Å²) >= 11 is 0. The molecule has 2 rings (SSSR count). The monoisotopic (exact) mass is 247 g/mol. The summed E-state index contributed by atoms with van der Waals surface area (Å²) in [5.41, 5.74) is 1.04. The molecule has 0 amide bonds. The number of hydrogen-bond donors (Lipinski definition) is 2. The molecule has 0 aliphatic heterocycles. The number of pyridine rings is 1. The minimum absolute atomic E-state index is 0.148. The highest BCUT2D eigenvalue weighted by atomic mass is 16.4. The first kappa shape index (κ1) is 12.2. The molecule has 0 fully saturated rings. The Morgan fingerprint density at radius 1 is 1.39 bits per heavy atom. The molecule has 2 aromatic rings. The molecule has 2 aromatic heterocycles. The molecule has 6 heteroatoms. The Bertz CT molecular complexity index is 621. The molecule has 18 heavy (non-hydrogen) atoms. The van der Waals surface area contributed by atoms with E-state index in [-0.39, 0.29) is 12.0 Å². The molecule has 0 bridgehead atoms. The smallest absolute Gasteiger partial charge is 0.303 e. The second kappa shape index (κ2) is 5.39. The van der Waals surface area contributed by atoms with E-state index in [2.05, 4.69) is 15.2 Å². The minimum atomic E-state index is -0.799. The maximum atomic E-state index is 11.5. The van der Waals surface area contributed by atoms with Gasteiger partial charge in [-0.15, -0.1) is 0 Å². The lowest BCUT2D eigenvalue weighted by molar-refractivity contribution is -0.137. The van der Waals surface area contributed by atoms with Crippen LogP contribution in [-0.2, 0) is 11.2 Å². The Kier molecular flexibility index (Phi) is 3.66. The fourth-order valence-corrected chi connectivity index (χ4v) is 1.79. The second-order valence-corrected chi connectivity index (χ2v) is 4.00. The molecule has 0 aliphatic rings. The summed E-state index contributed by atoms with van der Waals surface area (Å²) in [5.74, 6) is -0.799. The summed E-state index contributed by atoms with van der Waals surface area (Å²) in [6, 6.07) is 3.40. The lowest BCUT2D eigenvalue weighted by Crippen LogP contribution is -2.12. The molecule has 6 nitrogen and oxygen atoms in total. The summed E-state index contributed by atoms with van der Waals surface area (Å²) in [6.07, 6.45) is 3.66. The average molecular weight is 247 g/mol. The van der Waals surface area contributed by atoms with Gasteiger partial charge in [-0.05, 0) is 31.4 Å². The summed E-state index contributed by atoms with van der Waals surface area (Å²) in [7, 11) is 0. The van der Waals surface area contributed by atoms with Crippen LogP contribution in [0.25, 0.3) is 10.9 Å². The van der Waals surface area contributed by atoms with E-state index >= 15 is 0 Å². The van der Waals surface area contributed by atoms with Crippen molar-refractivity contribution in [3.63, 3.8) is 0 Å². The van der Waals surface area contributed by atoms with Crippen LogP contribution in [0.3, 0.4) is 0 Å². The Morgan fingerprint density at radius 3 is 3.00 bits per heavy atom. The third-order valence-electron chi connectivity index (χ3n) is 2.67. The summed E-state index contributed by atoms with van der Waals surface area (Å²) in [5, 5.41) is 15.5. The zero-order valence-corrected chi connectivity index (χ0v) is 9.72. The van der Waals surface area contributed by atoms with Gasteiger partial charge in [0.1, 0.15) is 0 Å². The van der Waals surface area contributed by atoms with Crippen LogP contribution in [0.4, 0.5) is 0 Å². The second-order valence-electron chi connectivity index (χ2n) is 4.00. The van der Waals surface area contributed by atoms with Gasteiger partial charge < -0.3 is 5.11 Å². The van der Waals surface area contributed by atoms with Crippen LogP contribution in [0.5, 0.6) is 0 Å². The molecule has 2 heterocycles. The fourth-order valence-electron chi connectivity index (χ4n) is 1.79. The number of carbonyl (C=O) groups is 1. The number of fused-ring (bicyclic) bond motifs is 1. The zero-order chi connectivity index (χ0) is 13.0. The summed E-state index contributed by atoms with van der Waals surface area (Å²) < 4.78 is 0. The molecule has 0 spiro atoms. The van der Waals surface area contributed by atoms with Crippen LogP contribution in [0.1, 0.15) is 25.0 Å². The molecule has 94 valence electrons. The first-order valence-electron chi connectivity index (χ1n) is 5.72. The van der Waals surface area contributed by atoms with Crippen molar-refractivity contribution in [1.29, 1.82) is 0 Å². The average Bonchev–Trinajstić information content (AvgIpc) is 2.37. The number of carboxylic acids is 1. The maximum absolute atomic E-state index is 11.5. The van der Waals surface area contributed by atoms with Crippen molar-refractivity contribution in [3.8, 4) is 0 Å². The minimum Gasteiger partial charge on any atom is -0.481 e. The normalized spacial score (nSPS) is 10.7. The number of aryl methyl sites for hydroxylation is 1. The Balaban J connectivity index is 2.16. The predicted molar refractivity (Wildman–Crippen MR) is 65.3 cm³/mol. The number of carboxylic acid groups (broad SMARTS) is 1. The van der Waals surface area contributed by atoms with Gasteiger partial charge in [0.2, 0.25) is 0 Å². The van der Waals surface area contributed by atoms with Crippen molar-refractivity contribution >= 4 is 16.9 Å². The highest BCUT2D eigenvalue weighted by Crippen LogP contribution is 2.12. The molecule has 0 aliphatic carbocycles. The number of H-pyrrole nitrogens is 1. The molecule has 0 aromatic carbocycles. The SMILES string of the molecule is O=C(O)CCCCc1n[nH]c(=O)c2cccnc12. The van der Waals surface area contributed by atoms with Gasteiger partial charge in [0, 0.05) is 12.6 Å². The van der Waals surface area contributed by atoms with E-state index in [1.807, 2.05) is 0 Å². The van der Waals surface area contributed by atoms with Crippen LogP contribution in [0.15, 0.2) is 23.1 Å². The number of rotatable bonds is 5. The Hall–Kier alpha value is -2.24. The van der Waals surface area contributed by atoms with Crippen molar-refractivity contribution in [2.45, 2.75) is 25.7 Å². The van der Waals surface area contributed by atoms with E-state index < -0.39 is 5.97 Å². The predicted octanol–water partition coefficient (Wildman–Crippen LogP) is 1.12. The fraction of sp³-hybridized carbons (Fsp3) is 0.333. The lowest BCUT2D eigenvalue weighted by Gasteiger charge is -2.03. The van der Waals surface area contributed by atoms with Crippen molar-refractivity contribution in [2.24, 2.45) is 0 Å². The lowest BCUT2D eigenvalue weighted by atomic mass is 10.1. The third-order valence-corrected chi connectivity index (χ3v) is 2.67. The molecular formula is C12H13N3O3. The molecule has 0 unspecified atom stereocenters. The van der Waals surface area contributed by atoms with Crippen LogP contribution in [0, 0.1) is 0 Å². The quantitative estimate of drug-likeness (QED) is 0.772. The number of nitrogens with one attached hydrogen (secondary N) is 1. The van der Waals surface area contributed by atoms with Gasteiger partial charge in [-0.2, -0.15) is 5.10 Å². The number of hydrogen-bond acceptors (Lipinski definition) is 4. The van der Waals surface area contributed by atoms with Gasteiger partial charge in [0.05, 0.1) is 16.6 Å². The largest absolute Gasteiger partial charge is 0.481 e. The third kappa shape index (κ3) is 2.71. The molecule has 0 saturated carbocycles. The van der Waals surface area contributed by atoms with Gasteiger partial charge in [0.25, 0.3) is 5.56 Å². The van der Waals surface area contributed by atoms with Crippen molar-refractivity contribution < 1.29 is 9.90 Å². The highest BCUT2D eigenvalue weighted by molar-refractivity contribution is 5.78. The molecule has 0 atom stereocenters. The maximum Gasteiger partial charge on any atom is 0.303 e. The molecule has 2 N–H and O–H groups in total. The Morgan fingerprint density at radius 2 is 2.22 bits per heavy atom. The van der Waals surface area contributed by atoms with E-state index in [0.717, 1.165) is 0 Å². The molecule has 0 radical (unpaired) electrons. The van der Waals surface area contributed by atoms with E-state index in [0.29, 0.717) is 35.9 Å². The number of nitrogens with zero attached hydrogens (tertiary/aromatic N) is 2. The number of aromatic amines is 1. The van der Waals surface area contributed by atoms with Crippen LogP contribution >= 0.6 is 0 Å². The standard InChI is InChI=1S/C12H13N3O3/c16-10(17)6-2-1-5-9-11-8(4-3-7-13-11)12(18)15-14-9/h3-4,7H,1-2,5-6H2,(H,15,18)(H,16,17). The molecular weight excluding hydrogens is 234 g/mol. The zero-order valence-electron chi connectivity index (χ0n) is 9.72. The van der Waals surface area contributed by atoms with E-state index in [1.165, 1.54) is 0 Å². The van der Waals surface area contributed by atoms with E-state index in [1.54, 1.807) is 18.3 Å². The highest BCUT2D eigenvalue weighted by Gasteiger charge is 2.07. The van der Waals surface area contributed by atoms with Crippen molar-refractivity contribution in [1.82, 2.24) is 15.2 Å². The number of aromatic nitrogens is 3. The molecule has 0 saturated heterocycles. The van der Waals surface area contributed by atoms with Gasteiger partial charge in [-0.1, -0.05) is 0 Å². The van der Waals surface area contributed by atoms with Gasteiger partial charge in [0.15, 0.2) is 0 Å². The summed E-state index contributed by atoms with van der Waals surface area (Å²) in [4.78, 5) is 26.1. The van der Waals surface area contributed by atoms with Gasteiger partial charge >= 0.3 is 5.97 Å². The van der Waals surface area contributed by atoms with Crippen LogP contribution < -0.4 is 5.56 Å². The number of unbranched alkanes of at least 4 members (excludes halogenated alkanes) is 1. The van der Waals surface area contributed by atoms with Crippen molar-refractivity contribution in [3.05, 3.63) is 34.4 Å². The topological polar surface area (TPSA) is 95.9 Å². The van der Waals surface area contributed by atoms with E-state index in [9.17, 15) is 9.59 Å².